The average Bonchev–Trinajstić information content (AvgIpc) is 3.12. The third-order valence-electron chi connectivity index (χ3n) is 10.4. The molecule has 0 radical (unpaired) electrons. The normalized spacial score (nSPS) is 20.5. The van der Waals surface area contributed by atoms with Crippen molar-refractivity contribution >= 4 is 26.2 Å². The molecule has 0 spiro atoms. The largest absolute Gasteiger partial charge is 0.509 e. The van der Waals surface area contributed by atoms with Crippen LogP contribution >= 0.6 is 0 Å². The van der Waals surface area contributed by atoms with E-state index in [4.69, 9.17) is 32.8 Å². The maximum Gasteiger partial charge on any atom is 0.509 e. The van der Waals surface area contributed by atoms with Crippen molar-refractivity contribution < 1.29 is 47.2 Å². The first kappa shape index (κ1) is 49.8. The van der Waals surface area contributed by atoms with Crippen LogP contribution in [0.3, 0.4) is 0 Å². The van der Waals surface area contributed by atoms with E-state index < -0.39 is 51.1 Å². The number of esters is 1. The Morgan fingerprint density at radius 1 is 0.759 bits per heavy atom. The van der Waals surface area contributed by atoms with Crippen molar-refractivity contribution in [2.45, 2.75) is 212 Å². The van der Waals surface area contributed by atoms with Gasteiger partial charge >= 0.3 is 12.1 Å². The van der Waals surface area contributed by atoms with E-state index in [-0.39, 0.29) is 30.5 Å². The number of ketones is 1. The molecule has 0 aliphatic carbocycles. The molecule has 0 aromatic rings. The van der Waals surface area contributed by atoms with Gasteiger partial charge in [-0.25, -0.2) is 4.79 Å². The Morgan fingerprint density at radius 2 is 1.31 bits per heavy atom. The van der Waals surface area contributed by atoms with Gasteiger partial charge in [0, 0.05) is 13.0 Å². The third-order valence-corrected chi connectivity index (χ3v) is 14.9. The van der Waals surface area contributed by atoms with Crippen LogP contribution in [0.5, 0.6) is 0 Å². The van der Waals surface area contributed by atoms with Crippen LogP contribution in [0, 0.1) is 0 Å². The van der Waals surface area contributed by atoms with Crippen LogP contribution in [-0.2, 0) is 42.4 Å². The second-order valence-electron chi connectivity index (χ2n) is 16.2. The zero-order chi connectivity index (χ0) is 40.2. The molecule has 1 aliphatic rings. The first-order chi connectivity index (χ1) is 25.8. The lowest BCUT2D eigenvalue weighted by Crippen LogP contribution is -2.63. The summed E-state index contributed by atoms with van der Waals surface area (Å²) in [5, 5.41) is -0.0902. The molecule has 314 valence electrons. The minimum absolute atomic E-state index is 0.0478. The predicted molar refractivity (Wildman–Crippen MR) is 218 cm³/mol. The van der Waals surface area contributed by atoms with E-state index in [2.05, 4.69) is 54.3 Å². The van der Waals surface area contributed by atoms with Gasteiger partial charge in [-0.2, -0.15) is 0 Å². The molecule has 54 heavy (non-hydrogen) atoms. The lowest BCUT2D eigenvalue weighted by atomic mass is 9.98. The van der Waals surface area contributed by atoms with E-state index in [9.17, 15) is 14.4 Å². The maximum atomic E-state index is 13.4. The summed E-state index contributed by atoms with van der Waals surface area (Å²) in [7, 11) is -2.27. The van der Waals surface area contributed by atoms with Crippen molar-refractivity contribution in [2.75, 3.05) is 19.8 Å². The lowest BCUT2D eigenvalue weighted by molar-refractivity contribution is -0.299. The van der Waals surface area contributed by atoms with Gasteiger partial charge in [-0.3, -0.25) is 9.59 Å². The third kappa shape index (κ3) is 21.2. The molecule has 0 bridgehead atoms. The SMILES string of the molecule is C=CCOC(=O)O[C@H]1[C@H](OCCCCCCCCCC)[C@@H](OC(=O)CC(=O)CCCCCCCCCCC)C(O/C=C/C)O[C@@H]1CO[Si](C)(C)C(C)(C)C. The van der Waals surface area contributed by atoms with Gasteiger partial charge < -0.3 is 32.8 Å². The van der Waals surface area contributed by atoms with Crippen LogP contribution in [0.2, 0.25) is 18.1 Å². The molecule has 5 atom stereocenters. The Hall–Kier alpha value is -2.21. The summed E-state index contributed by atoms with van der Waals surface area (Å²) >= 11 is 0. The molecule has 1 rings (SSSR count). The number of allylic oxidation sites excluding steroid dienone is 1. The monoisotopic (exact) mass is 783 g/mol. The minimum Gasteiger partial charge on any atom is -0.469 e. The Morgan fingerprint density at radius 3 is 1.85 bits per heavy atom. The number of hydrogen-bond acceptors (Lipinski definition) is 10. The fourth-order valence-corrected chi connectivity index (χ4v) is 7.06. The topological polar surface area (TPSA) is 116 Å². The number of carbonyl (C=O) groups is 3. The quantitative estimate of drug-likeness (QED) is 0.0168. The fourth-order valence-electron chi connectivity index (χ4n) is 6.05. The Balaban J connectivity index is 3.19. The highest BCUT2D eigenvalue weighted by molar-refractivity contribution is 6.74. The number of unbranched alkanes of at least 4 members (excludes halogenated alkanes) is 15. The molecule has 1 aliphatic heterocycles. The number of rotatable bonds is 31. The summed E-state index contributed by atoms with van der Waals surface area (Å²) in [5.41, 5.74) is 0. The number of Topliss-reactive ketones (excluding diaryl/α,β-unsaturated/α-hetero) is 1. The summed E-state index contributed by atoms with van der Waals surface area (Å²) in [6, 6.07) is 0. The van der Waals surface area contributed by atoms with Crippen LogP contribution in [0.25, 0.3) is 0 Å². The smallest absolute Gasteiger partial charge is 0.469 e. The molecule has 0 N–H and O–H groups in total. The molecule has 0 aromatic heterocycles. The summed E-state index contributed by atoms with van der Waals surface area (Å²) < 4.78 is 42.6. The van der Waals surface area contributed by atoms with Gasteiger partial charge in [0.05, 0.1) is 12.9 Å². The van der Waals surface area contributed by atoms with Crippen LogP contribution < -0.4 is 0 Å². The summed E-state index contributed by atoms with van der Waals surface area (Å²) in [4.78, 5) is 39.3. The van der Waals surface area contributed by atoms with E-state index in [1.807, 2.05) is 0 Å². The first-order valence-corrected chi connectivity index (χ1v) is 24.0. The van der Waals surface area contributed by atoms with Gasteiger partial charge in [-0.1, -0.05) is 150 Å². The Labute approximate surface area is 329 Å². The Bertz CT molecular complexity index is 1060. The summed E-state index contributed by atoms with van der Waals surface area (Å²) in [6.07, 6.45) is 17.6. The minimum atomic E-state index is -2.27. The van der Waals surface area contributed by atoms with Crippen molar-refractivity contribution in [1.82, 2.24) is 0 Å². The zero-order valence-electron chi connectivity index (χ0n) is 35.5. The highest BCUT2D eigenvalue weighted by Crippen LogP contribution is 2.38. The van der Waals surface area contributed by atoms with Crippen molar-refractivity contribution in [3.8, 4) is 0 Å². The molecule has 1 fully saturated rings. The van der Waals surface area contributed by atoms with E-state index in [0.29, 0.717) is 13.0 Å². The molecule has 10 nitrogen and oxygen atoms in total. The van der Waals surface area contributed by atoms with E-state index in [0.717, 1.165) is 44.9 Å². The molecule has 0 saturated carbocycles. The molecule has 1 heterocycles. The lowest BCUT2D eigenvalue weighted by Gasteiger charge is -2.45. The summed E-state index contributed by atoms with van der Waals surface area (Å²) in [6.45, 7) is 20.9. The molecule has 1 unspecified atom stereocenters. The van der Waals surface area contributed by atoms with E-state index in [1.165, 1.54) is 76.5 Å². The second kappa shape index (κ2) is 29.1. The maximum absolute atomic E-state index is 13.4. The predicted octanol–water partition coefficient (Wildman–Crippen LogP) is 11.3. The number of ether oxygens (including phenoxy) is 6. The van der Waals surface area contributed by atoms with E-state index >= 15 is 0 Å². The van der Waals surface area contributed by atoms with Crippen molar-refractivity contribution in [3.63, 3.8) is 0 Å². The van der Waals surface area contributed by atoms with Crippen LogP contribution in [0.1, 0.15) is 164 Å². The number of hydrogen-bond donors (Lipinski definition) is 0. The standard InChI is InChI=1S/C43H78O10Si/c1-10-14-16-18-20-22-23-25-27-29-35(44)33-37(45)52-40-39(47-32-28-26-24-21-19-17-15-11-2)38(53-42(46)49-31-13-4)36(51-41(40)48-30-12-3)34-50-54(8,9)43(5,6)7/h12-13,30,36,38-41H,4,10-11,14-29,31-34H2,1-3,5-9H3/b30-12+/t36-,38-,39+,40-,41?/m1/s1. The molecule has 11 heteroatoms. The first-order valence-electron chi connectivity index (χ1n) is 21.1. The second-order valence-corrected chi connectivity index (χ2v) is 21.0. The summed E-state index contributed by atoms with van der Waals surface area (Å²) in [5.74, 6) is -0.883. The molecular formula is C43H78O10Si. The molecule has 0 aromatic carbocycles. The average molecular weight is 783 g/mol. The molecule has 0 amide bonds. The van der Waals surface area contributed by atoms with Crippen molar-refractivity contribution in [3.05, 3.63) is 25.0 Å². The van der Waals surface area contributed by atoms with Gasteiger partial charge in [0.2, 0.25) is 6.29 Å². The number of carbonyl (C=O) groups excluding carboxylic acids is 3. The Kier molecular flexibility index (Phi) is 26.8. The van der Waals surface area contributed by atoms with Crippen LogP contribution in [-0.4, -0.2) is 76.8 Å². The van der Waals surface area contributed by atoms with Gasteiger partial charge in [0.1, 0.15) is 31.0 Å². The highest BCUT2D eigenvalue weighted by atomic mass is 28.4. The van der Waals surface area contributed by atoms with E-state index in [1.54, 1.807) is 13.0 Å². The molecule has 1 saturated heterocycles. The van der Waals surface area contributed by atoms with Crippen molar-refractivity contribution in [2.24, 2.45) is 0 Å². The van der Waals surface area contributed by atoms with Crippen LogP contribution in [0.15, 0.2) is 25.0 Å². The zero-order valence-corrected chi connectivity index (χ0v) is 36.5. The van der Waals surface area contributed by atoms with Gasteiger partial charge in [0.15, 0.2) is 20.5 Å². The highest BCUT2D eigenvalue weighted by Gasteiger charge is 2.53. The van der Waals surface area contributed by atoms with Gasteiger partial charge in [-0.15, -0.1) is 0 Å². The molecular weight excluding hydrogens is 705 g/mol. The van der Waals surface area contributed by atoms with Gasteiger partial charge in [-0.05, 0) is 37.9 Å². The fraction of sp³-hybridized carbons (Fsp3) is 0.837. The van der Waals surface area contributed by atoms with Gasteiger partial charge in [0.25, 0.3) is 0 Å². The van der Waals surface area contributed by atoms with Crippen molar-refractivity contribution in [1.29, 1.82) is 0 Å². The van der Waals surface area contributed by atoms with Crippen LogP contribution in [0.4, 0.5) is 4.79 Å².